The summed E-state index contributed by atoms with van der Waals surface area (Å²) in [6, 6.07) is 5.22. The van der Waals surface area contributed by atoms with Gasteiger partial charge in [-0.3, -0.25) is 4.68 Å². The van der Waals surface area contributed by atoms with E-state index in [1.165, 1.54) is 6.33 Å². The Morgan fingerprint density at radius 1 is 1.14 bits per heavy atom. The monoisotopic (exact) mass is 635 g/mol. The zero-order valence-corrected chi connectivity index (χ0v) is 24.3. The molecule has 0 amide bonds. The van der Waals surface area contributed by atoms with Gasteiger partial charge >= 0.3 is 6.18 Å². The van der Waals surface area contributed by atoms with Gasteiger partial charge in [-0.25, -0.2) is 14.6 Å². The number of halogens is 4. The molecule has 1 unspecified atom stereocenters. The Kier molecular flexibility index (Phi) is 8.55. The number of nitrogens with one attached hydrogen (secondary N) is 1. The van der Waals surface area contributed by atoms with Gasteiger partial charge in [0.25, 0.3) is 5.88 Å². The summed E-state index contributed by atoms with van der Waals surface area (Å²) in [4.78, 5) is 8.73. The molecule has 1 N–H and O–H groups in total. The molecular formula is C27H29ClF3N9O4. The molecule has 234 valence electrons. The van der Waals surface area contributed by atoms with Gasteiger partial charge in [0.15, 0.2) is 12.4 Å². The first-order chi connectivity index (χ1) is 21.1. The van der Waals surface area contributed by atoms with Crippen molar-refractivity contribution in [2.75, 3.05) is 25.1 Å². The Balaban J connectivity index is 1.15. The Morgan fingerprint density at radius 3 is 2.57 bits per heavy atom. The zero-order valence-electron chi connectivity index (χ0n) is 23.6. The maximum atomic E-state index is 13.0. The van der Waals surface area contributed by atoms with Crippen molar-refractivity contribution in [3.8, 4) is 22.8 Å². The summed E-state index contributed by atoms with van der Waals surface area (Å²) in [5.74, 6) is -0.147. The van der Waals surface area contributed by atoms with Gasteiger partial charge in [-0.15, -0.1) is 10.2 Å². The summed E-state index contributed by atoms with van der Waals surface area (Å²) in [6.45, 7) is 1.93. The largest absolute Gasteiger partial charge is 0.487 e. The number of aromatic nitrogens is 8. The van der Waals surface area contributed by atoms with Crippen LogP contribution in [-0.4, -0.2) is 77.8 Å². The summed E-state index contributed by atoms with van der Waals surface area (Å²) in [7, 11) is 0. The molecule has 13 nitrogen and oxygen atoms in total. The zero-order chi connectivity index (χ0) is 30.7. The number of alkyl halides is 3. The van der Waals surface area contributed by atoms with Crippen LogP contribution in [0.25, 0.3) is 11.1 Å². The number of hydrogen-bond donors (Lipinski definition) is 1. The van der Waals surface area contributed by atoms with Gasteiger partial charge in [0.2, 0.25) is 5.95 Å². The highest BCUT2D eigenvalue weighted by Crippen LogP contribution is 2.41. The average molecular weight is 636 g/mol. The number of anilines is 2. The maximum Gasteiger partial charge on any atom is 0.422 e. The van der Waals surface area contributed by atoms with Crippen LogP contribution in [0.15, 0.2) is 43.1 Å². The fourth-order valence-corrected chi connectivity index (χ4v) is 5.38. The van der Waals surface area contributed by atoms with Crippen molar-refractivity contribution in [3.05, 3.63) is 48.1 Å². The normalized spacial score (nSPS) is 17.6. The molecule has 1 atom stereocenters. The van der Waals surface area contributed by atoms with Crippen LogP contribution >= 0.6 is 11.6 Å². The molecule has 1 aliphatic carbocycles. The van der Waals surface area contributed by atoms with Crippen molar-refractivity contribution in [3.63, 3.8) is 0 Å². The Hall–Kier alpha value is -4.02. The minimum atomic E-state index is -4.53. The molecule has 2 aliphatic rings. The number of benzene rings is 1. The number of rotatable bonds is 10. The van der Waals surface area contributed by atoms with Gasteiger partial charge in [0.05, 0.1) is 37.0 Å². The molecule has 0 radical (unpaired) electrons. The third-order valence-electron chi connectivity index (χ3n) is 7.30. The fraction of sp³-hybridized carbons (Fsp3) is 0.481. The molecule has 4 heterocycles. The SMILES string of the molecule is CC(Cn1cnnn1)Oc1cc(-c2cnc(Nc3cn(C4CCC5(CC4)OCCO5)nc3OCC(F)(F)F)nc2)ccc1Cl. The number of hydrogen-bond acceptors (Lipinski definition) is 11. The van der Waals surface area contributed by atoms with Crippen LogP contribution in [0.3, 0.4) is 0 Å². The molecule has 1 saturated carbocycles. The summed E-state index contributed by atoms with van der Waals surface area (Å²) >= 11 is 6.37. The van der Waals surface area contributed by atoms with E-state index in [9.17, 15) is 13.2 Å². The highest BCUT2D eigenvalue weighted by Gasteiger charge is 2.41. The van der Waals surface area contributed by atoms with E-state index >= 15 is 0 Å². The van der Waals surface area contributed by atoms with Crippen molar-refractivity contribution in [2.24, 2.45) is 0 Å². The van der Waals surface area contributed by atoms with Gasteiger partial charge in [0.1, 0.15) is 23.9 Å². The molecule has 1 aromatic carbocycles. The smallest absolute Gasteiger partial charge is 0.422 e. The number of nitrogens with zero attached hydrogens (tertiary/aromatic N) is 8. The molecule has 1 aliphatic heterocycles. The summed E-state index contributed by atoms with van der Waals surface area (Å²) < 4.78 is 64.8. The predicted molar refractivity (Wildman–Crippen MR) is 150 cm³/mol. The lowest BCUT2D eigenvalue weighted by Gasteiger charge is -2.35. The first-order valence-electron chi connectivity index (χ1n) is 14.0. The molecule has 1 spiro atoms. The highest BCUT2D eigenvalue weighted by atomic mass is 35.5. The van der Waals surface area contributed by atoms with E-state index in [1.807, 2.05) is 6.92 Å². The minimum absolute atomic E-state index is 0.0579. The molecule has 3 aromatic heterocycles. The van der Waals surface area contributed by atoms with E-state index in [-0.39, 0.29) is 29.7 Å². The van der Waals surface area contributed by atoms with Crippen LogP contribution in [-0.2, 0) is 16.0 Å². The second-order valence-corrected chi connectivity index (χ2v) is 11.0. The van der Waals surface area contributed by atoms with Crippen LogP contribution in [0, 0.1) is 0 Å². The van der Waals surface area contributed by atoms with Gasteiger partial charge in [-0.05, 0) is 47.9 Å². The predicted octanol–water partition coefficient (Wildman–Crippen LogP) is 4.99. The number of tetrazole rings is 1. The molecule has 6 rings (SSSR count). The summed E-state index contributed by atoms with van der Waals surface area (Å²) in [5, 5.41) is 18.8. The lowest BCUT2D eigenvalue weighted by Crippen LogP contribution is -2.35. The van der Waals surface area contributed by atoms with E-state index in [2.05, 4.69) is 35.9 Å². The lowest BCUT2D eigenvalue weighted by molar-refractivity contribution is -0.181. The molecule has 1 saturated heterocycles. The van der Waals surface area contributed by atoms with E-state index in [1.54, 1.807) is 46.2 Å². The van der Waals surface area contributed by atoms with Crippen LogP contribution in [0.5, 0.6) is 11.6 Å². The van der Waals surface area contributed by atoms with Crippen molar-refractivity contribution in [1.29, 1.82) is 0 Å². The van der Waals surface area contributed by atoms with E-state index in [4.69, 9.17) is 30.5 Å². The van der Waals surface area contributed by atoms with Crippen molar-refractivity contribution < 1.29 is 32.1 Å². The van der Waals surface area contributed by atoms with E-state index in [0.717, 1.165) is 5.56 Å². The third-order valence-corrected chi connectivity index (χ3v) is 7.61. The molecule has 2 fully saturated rings. The maximum absolute atomic E-state index is 13.0. The van der Waals surface area contributed by atoms with Crippen molar-refractivity contribution in [2.45, 2.75) is 63.3 Å². The van der Waals surface area contributed by atoms with E-state index < -0.39 is 18.6 Å². The molecule has 44 heavy (non-hydrogen) atoms. The van der Waals surface area contributed by atoms with Crippen LogP contribution in [0.2, 0.25) is 5.02 Å². The fourth-order valence-electron chi connectivity index (χ4n) is 5.21. The second kappa shape index (κ2) is 12.5. The number of ether oxygens (including phenoxy) is 4. The van der Waals surface area contributed by atoms with Crippen LogP contribution in [0.1, 0.15) is 38.6 Å². The second-order valence-electron chi connectivity index (χ2n) is 10.6. The quantitative estimate of drug-likeness (QED) is 0.252. The van der Waals surface area contributed by atoms with Crippen molar-refractivity contribution in [1.82, 2.24) is 40.0 Å². The standard InChI is InChI=1S/C27H29ClF3N9O4/c1-17(13-39-16-34-37-38-39)44-23-10-18(2-3-21(23)28)19-11-32-25(33-12-19)35-22-14-40(36-24(22)41-15-27(29,30)31)20-4-6-26(7-5-20)42-8-9-43-26/h2-3,10-12,14,16-17,20H,4-9,13,15H2,1H3,(H,32,33,35). The van der Waals surface area contributed by atoms with E-state index in [0.29, 0.717) is 61.8 Å². The average Bonchev–Trinajstić information content (AvgIpc) is 3.76. The van der Waals surface area contributed by atoms with Gasteiger partial charge in [0, 0.05) is 30.8 Å². The summed E-state index contributed by atoms with van der Waals surface area (Å²) in [5.41, 5.74) is 1.63. The topological polar surface area (TPSA) is 136 Å². The van der Waals surface area contributed by atoms with Crippen LogP contribution < -0.4 is 14.8 Å². The third kappa shape index (κ3) is 7.19. The van der Waals surface area contributed by atoms with Gasteiger partial charge in [-0.2, -0.15) is 13.2 Å². The Bertz CT molecular complexity index is 1540. The van der Waals surface area contributed by atoms with Crippen molar-refractivity contribution >= 4 is 23.2 Å². The molecular weight excluding hydrogens is 607 g/mol. The lowest BCUT2D eigenvalue weighted by atomic mass is 9.90. The van der Waals surface area contributed by atoms with Crippen LogP contribution in [0.4, 0.5) is 24.8 Å². The first-order valence-corrected chi connectivity index (χ1v) is 14.4. The molecule has 17 heteroatoms. The first kappa shape index (κ1) is 30.0. The molecule has 0 bridgehead atoms. The van der Waals surface area contributed by atoms with Gasteiger partial charge in [-0.1, -0.05) is 17.7 Å². The van der Waals surface area contributed by atoms with Gasteiger partial charge < -0.3 is 24.3 Å². The Labute approximate surface area is 254 Å². The highest BCUT2D eigenvalue weighted by molar-refractivity contribution is 6.32. The Morgan fingerprint density at radius 2 is 1.89 bits per heavy atom. The molecule has 4 aromatic rings. The summed E-state index contributed by atoms with van der Waals surface area (Å²) in [6.07, 6.45) is 4.17. The minimum Gasteiger partial charge on any atom is -0.487 e.